The second kappa shape index (κ2) is 6.51. The summed E-state index contributed by atoms with van der Waals surface area (Å²) in [5, 5.41) is 16.3. The number of nitrogens with one attached hydrogen (secondary N) is 1. The zero-order valence-corrected chi connectivity index (χ0v) is 13.2. The Kier molecular flexibility index (Phi) is 4.92. The average Bonchev–Trinajstić information content (AvgIpc) is 2.87. The van der Waals surface area contributed by atoms with Crippen LogP contribution < -0.4 is 5.32 Å². The molecular formula is C14H21N3O3S. The van der Waals surface area contributed by atoms with Gasteiger partial charge in [0.25, 0.3) is 5.91 Å². The molecule has 116 valence electrons. The number of nitrogens with zero attached hydrogens (tertiary/aromatic N) is 2. The van der Waals surface area contributed by atoms with Gasteiger partial charge in [-0.3, -0.25) is 4.79 Å². The van der Waals surface area contributed by atoms with Crippen LogP contribution in [0.5, 0.6) is 0 Å². The molecule has 0 aromatic carbocycles. The predicted molar refractivity (Wildman–Crippen MR) is 79.4 cm³/mol. The molecule has 7 heteroatoms. The van der Waals surface area contributed by atoms with Crippen molar-refractivity contribution in [2.75, 3.05) is 0 Å². The molecule has 1 aliphatic rings. The van der Waals surface area contributed by atoms with Crippen molar-refractivity contribution in [2.45, 2.75) is 57.9 Å². The SMILES string of the molecule is CCCc1nnsc1C(=O)NC1(C(=O)O)CCCC(C)C1. The molecule has 0 aliphatic heterocycles. The van der Waals surface area contributed by atoms with Crippen molar-refractivity contribution >= 4 is 23.4 Å². The highest BCUT2D eigenvalue weighted by Gasteiger charge is 2.43. The molecule has 1 aromatic rings. The summed E-state index contributed by atoms with van der Waals surface area (Å²) in [5.74, 6) is -1.01. The summed E-state index contributed by atoms with van der Waals surface area (Å²) in [5.41, 5.74) is -0.494. The Bertz CT molecular complexity index is 531. The van der Waals surface area contributed by atoms with Crippen LogP contribution in [0.15, 0.2) is 0 Å². The van der Waals surface area contributed by atoms with Gasteiger partial charge in [0.1, 0.15) is 10.4 Å². The van der Waals surface area contributed by atoms with Gasteiger partial charge in [-0.15, -0.1) is 5.10 Å². The first-order valence-electron chi connectivity index (χ1n) is 7.35. The number of hydrogen-bond acceptors (Lipinski definition) is 5. The van der Waals surface area contributed by atoms with E-state index in [0.29, 0.717) is 35.8 Å². The fourth-order valence-electron chi connectivity index (χ4n) is 2.97. The number of aromatic nitrogens is 2. The van der Waals surface area contributed by atoms with Gasteiger partial charge in [0, 0.05) is 0 Å². The third-order valence-electron chi connectivity index (χ3n) is 4.01. The van der Waals surface area contributed by atoms with Crippen LogP contribution in [-0.4, -0.2) is 32.1 Å². The Morgan fingerprint density at radius 1 is 1.52 bits per heavy atom. The Morgan fingerprint density at radius 2 is 2.29 bits per heavy atom. The molecule has 21 heavy (non-hydrogen) atoms. The normalized spacial score (nSPS) is 25.5. The molecule has 1 amide bonds. The van der Waals surface area contributed by atoms with Gasteiger partial charge in [0.05, 0.1) is 5.69 Å². The van der Waals surface area contributed by atoms with Crippen molar-refractivity contribution < 1.29 is 14.7 Å². The quantitative estimate of drug-likeness (QED) is 0.870. The van der Waals surface area contributed by atoms with E-state index in [1.807, 2.05) is 13.8 Å². The fourth-order valence-corrected chi connectivity index (χ4v) is 3.57. The summed E-state index contributed by atoms with van der Waals surface area (Å²) in [6.45, 7) is 4.03. The molecule has 1 aromatic heterocycles. The zero-order chi connectivity index (χ0) is 15.5. The van der Waals surface area contributed by atoms with Crippen LogP contribution in [0.25, 0.3) is 0 Å². The number of carboxylic acid groups (broad SMARTS) is 1. The second-order valence-corrected chi connectivity index (χ2v) is 6.60. The molecule has 0 saturated heterocycles. The Balaban J connectivity index is 2.18. The van der Waals surface area contributed by atoms with Crippen LogP contribution in [-0.2, 0) is 11.2 Å². The minimum atomic E-state index is -1.15. The van der Waals surface area contributed by atoms with Crippen molar-refractivity contribution in [1.82, 2.24) is 14.9 Å². The van der Waals surface area contributed by atoms with E-state index in [2.05, 4.69) is 14.9 Å². The lowest BCUT2D eigenvalue weighted by atomic mass is 9.76. The van der Waals surface area contributed by atoms with Crippen LogP contribution >= 0.6 is 11.5 Å². The maximum atomic E-state index is 12.4. The molecule has 2 atom stereocenters. The van der Waals surface area contributed by atoms with Gasteiger partial charge in [-0.2, -0.15) is 0 Å². The third kappa shape index (κ3) is 3.40. The van der Waals surface area contributed by atoms with Gasteiger partial charge in [-0.1, -0.05) is 37.6 Å². The minimum Gasteiger partial charge on any atom is -0.480 e. The number of carboxylic acids is 1. The molecule has 2 N–H and O–H groups in total. The van der Waals surface area contributed by atoms with Gasteiger partial charge >= 0.3 is 5.97 Å². The van der Waals surface area contributed by atoms with Gasteiger partial charge in [0.15, 0.2) is 0 Å². The second-order valence-electron chi connectivity index (χ2n) is 5.84. The summed E-state index contributed by atoms with van der Waals surface area (Å²) in [6, 6.07) is 0. The van der Waals surface area contributed by atoms with Crippen molar-refractivity contribution in [3.8, 4) is 0 Å². The van der Waals surface area contributed by atoms with E-state index in [-0.39, 0.29) is 5.91 Å². The largest absolute Gasteiger partial charge is 0.480 e. The molecule has 2 unspecified atom stereocenters. The van der Waals surface area contributed by atoms with Gasteiger partial charge in [0.2, 0.25) is 0 Å². The van der Waals surface area contributed by atoms with Crippen molar-refractivity contribution in [2.24, 2.45) is 5.92 Å². The van der Waals surface area contributed by atoms with E-state index >= 15 is 0 Å². The number of amides is 1. The van der Waals surface area contributed by atoms with E-state index in [1.54, 1.807) is 0 Å². The van der Waals surface area contributed by atoms with E-state index < -0.39 is 11.5 Å². The molecule has 1 aliphatic carbocycles. The van der Waals surface area contributed by atoms with E-state index in [1.165, 1.54) is 0 Å². The first kappa shape index (κ1) is 15.9. The topological polar surface area (TPSA) is 92.2 Å². The monoisotopic (exact) mass is 311 g/mol. The lowest BCUT2D eigenvalue weighted by Crippen LogP contribution is -2.56. The average molecular weight is 311 g/mol. The lowest BCUT2D eigenvalue weighted by Gasteiger charge is -2.36. The maximum Gasteiger partial charge on any atom is 0.329 e. The van der Waals surface area contributed by atoms with Crippen molar-refractivity contribution in [3.05, 3.63) is 10.6 Å². The standard InChI is InChI=1S/C14H21N3O3S/c1-3-5-10-11(21-17-16-10)12(18)15-14(13(19)20)7-4-6-9(2)8-14/h9H,3-8H2,1-2H3,(H,15,18)(H,19,20). The number of carbonyl (C=O) groups excluding carboxylic acids is 1. The first-order chi connectivity index (χ1) is 9.98. The summed E-state index contributed by atoms with van der Waals surface area (Å²) in [4.78, 5) is 24.6. The fraction of sp³-hybridized carbons (Fsp3) is 0.714. The molecule has 0 bridgehead atoms. The zero-order valence-electron chi connectivity index (χ0n) is 12.4. The predicted octanol–water partition coefficient (Wildman–Crippen LogP) is 2.25. The van der Waals surface area contributed by atoms with Crippen LogP contribution in [0.1, 0.15) is 61.3 Å². The Morgan fingerprint density at radius 3 is 2.90 bits per heavy atom. The molecule has 6 nitrogen and oxygen atoms in total. The number of hydrogen-bond donors (Lipinski definition) is 2. The lowest BCUT2D eigenvalue weighted by molar-refractivity contribution is -0.146. The van der Waals surface area contributed by atoms with Gasteiger partial charge in [-0.05, 0) is 36.7 Å². The number of aryl methyl sites for hydroxylation is 1. The van der Waals surface area contributed by atoms with Crippen LogP contribution in [0.3, 0.4) is 0 Å². The summed E-state index contributed by atoms with van der Waals surface area (Å²) in [7, 11) is 0. The summed E-state index contributed by atoms with van der Waals surface area (Å²) in [6.07, 6.45) is 4.32. The molecule has 0 spiro atoms. The highest BCUT2D eigenvalue weighted by molar-refractivity contribution is 7.08. The molecular weight excluding hydrogens is 290 g/mol. The van der Waals surface area contributed by atoms with Crippen LogP contribution in [0, 0.1) is 5.92 Å². The maximum absolute atomic E-state index is 12.4. The Hall–Kier alpha value is -1.50. The van der Waals surface area contributed by atoms with E-state index in [0.717, 1.165) is 30.8 Å². The molecule has 0 radical (unpaired) electrons. The minimum absolute atomic E-state index is 0.296. The van der Waals surface area contributed by atoms with Gasteiger partial charge in [-0.25, -0.2) is 4.79 Å². The number of carbonyl (C=O) groups is 2. The van der Waals surface area contributed by atoms with Crippen molar-refractivity contribution in [1.29, 1.82) is 0 Å². The molecule has 1 heterocycles. The number of aliphatic carboxylic acids is 1. The van der Waals surface area contributed by atoms with Crippen LogP contribution in [0.4, 0.5) is 0 Å². The first-order valence-corrected chi connectivity index (χ1v) is 8.13. The molecule has 1 fully saturated rings. The van der Waals surface area contributed by atoms with E-state index in [9.17, 15) is 14.7 Å². The Labute approximate surface area is 128 Å². The summed E-state index contributed by atoms with van der Waals surface area (Å²) >= 11 is 1.03. The highest BCUT2D eigenvalue weighted by Crippen LogP contribution is 2.33. The summed E-state index contributed by atoms with van der Waals surface area (Å²) < 4.78 is 3.82. The smallest absolute Gasteiger partial charge is 0.329 e. The molecule has 2 rings (SSSR count). The van der Waals surface area contributed by atoms with Gasteiger partial charge < -0.3 is 10.4 Å². The van der Waals surface area contributed by atoms with Crippen LogP contribution in [0.2, 0.25) is 0 Å². The number of rotatable bonds is 5. The molecule has 1 saturated carbocycles. The van der Waals surface area contributed by atoms with Crippen molar-refractivity contribution in [3.63, 3.8) is 0 Å². The third-order valence-corrected chi connectivity index (χ3v) is 4.78. The highest BCUT2D eigenvalue weighted by atomic mass is 32.1. The van der Waals surface area contributed by atoms with E-state index in [4.69, 9.17) is 0 Å².